The number of amides is 2. The van der Waals surface area contributed by atoms with Gasteiger partial charge in [0.1, 0.15) is 5.60 Å². The van der Waals surface area contributed by atoms with Crippen molar-refractivity contribution < 1.29 is 23.8 Å². The van der Waals surface area contributed by atoms with Crippen molar-refractivity contribution in [3.63, 3.8) is 0 Å². The van der Waals surface area contributed by atoms with E-state index in [0.717, 1.165) is 36.0 Å². The van der Waals surface area contributed by atoms with Gasteiger partial charge in [0.25, 0.3) is 0 Å². The number of carbonyl (C=O) groups excluding carboxylic acids is 2. The first-order valence-corrected chi connectivity index (χ1v) is 12.3. The van der Waals surface area contributed by atoms with Crippen LogP contribution in [0.15, 0.2) is 28.7 Å². The van der Waals surface area contributed by atoms with Crippen molar-refractivity contribution in [2.75, 3.05) is 37.7 Å². The van der Waals surface area contributed by atoms with E-state index in [1.165, 1.54) is 0 Å². The van der Waals surface area contributed by atoms with E-state index in [0.29, 0.717) is 39.1 Å². The lowest BCUT2D eigenvalue weighted by molar-refractivity contribution is -0.161. The van der Waals surface area contributed by atoms with Gasteiger partial charge in [-0.15, -0.1) is 0 Å². The van der Waals surface area contributed by atoms with E-state index in [1.54, 1.807) is 9.80 Å². The molecule has 178 valence electrons. The van der Waals surface area contributed by atoms with E-state index < -0.39 is 5.60 Å². The Bertz CT molecular complexity index is 768. The minimum Gasteiger partial charge on any atom is -0.444 e. The van der Waals surface area contributed by atoms with Gasteiger partial charge < -0.3 is 24.0 Å². The van der Waals surface area contributed by atoms with Crippen LogP contribution in [0.4, 0.5) is 10.5 Å². The number of piperidine rings is 1. The second-order valence-electron chi connectivity index (χ2n) is 9.35. The molecule has 2 heterocycles. The lowest BCUT2D eigenvalue weighted by atomic mass is 9.95. The fraction of sp³-hybridized carbons (Fsp3) is 0.667. The Labute approximate surface area is 199 Å². The van der Waals surface area contributed by atoms with Gasteiger partial charge in [0.15, 0.2) is 6.29 Å². The first-order valence-electron chi connectivity index (χ1n) is 11.5. The Hall–Kier alpha value is -1.64. The number of anilines is 1. The molecule has 0 saturated carbocycles. The molecule has 2 aliphatic heterocycles. The number of hydrogen-bond donors (Lipinski definition) is 0. The number of likely N-dealkylation sites (tertiary alicyclic amines) is 1. The van der Waals surface area contributed by atoms with Crippen LogP contribution in [-0.2, 0) is 19.0 Å². The van der Waals surface area contributed by atoms with Gasteiger partial charge in [0.05, 0.1) is 12.3 Å². The van der Waals surface area contributed by atoms with Crippen molar-refractivity contribution in [3.05, 3.63) is 28.7 Å². The number of benzene rings is 1. The molecular formula is C24H35BrN2O5. The lowest BCUT2D eigenvalue weighted by Crippen LogP contribution is -2.46. The monoisotopic (exact) mass is 510 g/mol. The first kappa shape index (κ1) is 25.0. The summed E-state index contributed by atoms with van der Waals surface area (Å²) < 4.78 is 17.9. The van der Waals surface area contributed by atoms with Crippen LogP contribution < -0.4 is 4.90 Å². The molecule has 32 heavy (non-hydrogen) atoms. The van der Waals surface area contributed by atoms with Crippen LogP contribution in [0.3, 0.4) is 0 Å². The molecule has 2 aliphatic rings. The number of ether oxygens (including phenoxy) is 3. The maximum Gasteiger partial charge on any atom is 0.410 e. The van der Waals surface area contributed by atoms with Crippen LogP contribution in [0.25, 0.3) is 0 Å². The summed E-state index contributed by atoms with van der Waals surface area (Å²) in [6, 6.07) is 7.74. The van der Waals surface area contributed by atoms with Crippen molar-refractivity contribution in [1.29, 1.82) is 0 Å². The maximum absolute atomic E-state index is 13.5. The molecule has 0 spiro atoms. The fourth-order valence-corrected chi connectivity index (χ4v) is 4.49. The summed E-state index contributed by atoms with van der Waals surface area (Å²) in [7, 11) is 0. The lowest BCUT2D eigenvalue weighted by Gasteiger charge is -2.35. The highest BCUT2D eigenvalue weighted by molar-refractivity contribution is 9.10. The predicted molar refractivity (Wildman–Crippen MR) is 127 cm³/mol. The highest BCUT2D eigenvalue weighted by atomic mass is 79.9. The molecule has 0 aliphatic carbocycles. The van der Waals surface area contributed by atoms with Crippen molar-refractivity contribution >= 4 is 33.6 Å². The highest BCUT2D eigenvalue weighted by Crippen LogP contribution is 2.30. The summed E-state index contributed by atoms with van der Waals surface area (Å²) in [5.41, 5.74) is 0.308. The Morgan fingerprint density at radius 1 is 1.16 bits per heavy atom. The van der Waals surface area contributed by atoms with Crippen LogP contribution >= 0.6 is 15.9 Å². The summed E-state index contributed by atoms with van der Waals surface area (Å²) in [6.07, 6.45) is 3.81. The van der Waals surface area contributed by atoms with Crippen LogP contribution in [0, 0.1) is 5.92 Å². The van der Waals surface area contributed by atoms with Gasteiger partial charge in [-0.05, 0) is 80.9 Å². The largest absolute Gasteiger partial charge is 0.444 e. The van der Waals surface area contributed by atoms with Crippen LogP contribution in [-0.4, -0.2) is 61.6 Å². The molecule has 0 N–H and O–H groups in total. The molecule has 0 radical (unpaired) electrons. The Morgan fingerprint density at radius 2 is 1.88 bits per heavy atom. The number of nitrogens with zero attached hydrogens (tertiary/aromatic N) is 2. The van der Waals surface area contributed by atoms with Gasteiger partial charge in [-0.2, -0.15) is 0 Å². The standard InChI is InChI=1S/C24H35BrN2O5/c1-24(2,3)32-23(29)26-13-11-18(12-14-26)22(28)27(20-9-5-4-8-19(20)25)15-17-31-21-10-6-7-16-30-21/h4-5,8-9,18,21H,6-7,10-17H2,1-3H3. The van der Waals surface area contributed by atoms with Crippen LogP contribution in [0.5, 0.6) is 0 Å². The summed E-state index contributed by atoms with van der Waals surface area (Å²) in [6.45, 7) is 8.20. The Balaban J connectivity index is 1.61. The highest BCUT2D eigenvalue weighted by Gasteiger charge is 2.33. The zero-order valence-electron chi connectivity index (χ0n) is 19.3. The van der Waals surface area contributed by atoms with E-state index in [2.05, 4.69) is 15.9 Å². The third-order valence-electron chi connectivity index (χ3n) is 5.66. The molecular weight excluding hydrogens is 476 g/mol. The normalized spacial score (nSPS) is 20.1. The van der Waals surface area contributed by atoms with Gasteiger partial charge in [-0.25, -0.2) is 4.79 Å². The van der Waals surface area contributed by atoms with Crippen molar-refractivity contribution in [2.24, 2.45) is 5.92 Å². The van der Waals surface area contributed by atoms with Gasteiger partial charge in [-0.1, -0.05) is 12.1 Å². The Morgan fingerprint density at radius 3 is 2.50 bits per heavy atom. The first-order chi connectivity index (χ1) is 15.2. The summed E-state index contributed by atoms with van der Waals surface area (Å²) >= 11 is 3.59. The average molecular weight is 511 g/mol. The molecule has 2 amide bonds. The van der Waals surface area contributed by atoms with E-state index in [9.17, 15) is 9.59 Å². The molecule has 8 heteroatoms. The number of hydrogen-bond acceptors (Lipinski definition) is 5. The third-order valence-corrected chi connectivity index (χ3v) is 6.33. The quantitative estimate of drug-likeness (QED) is 0.540. The van der Waals surface area contributed by atoms with Crippen molar-refractivity contribution in [1.82, 2.24) is 4.90 Å². The second kappa shape index (κ2) is 11.5. The van der Waals surface area contributed by atoms with Crippen LogP contribution in [0.2, 0.25) is 0 Å². The predicted octanol–water partition coefficient (Wildman–Crippen LogP) is 4.97. The van der Waals surface area contributed by atoms with Crippen molar-refractivity contribution in [3.8, 4) is 0 Å². The molecule has 1 aromatic rings. The minimum absolute atomic E-state index is 0.0638. The van der Waals surface area contributed by atoms with Gasteiger partial charge in [0.2, 0.25) is 5.91 Å². The van der Waals surface area contributed by atoms with E-state index in [-0.39, 0.29) is 24.2 Å². The zero-order valence-corrected chi connectivity index (χ0v) is 20.9. The van der Waals surface area contributed by atoms with Gasteiger partial charge in [-0.3, -0.25) is 4.79 Å². The fourth-order valence-electron chi connectivity index (χ4n) is 3.99. The number of carbonyl (C=O) groups is 2. The topological polar surface area (TPSA) is 68.3 Å². The molecule has 1 unspecified atom stereocenters. The molecule has 2 saturated heterocycles. The molecule has 0 aromatic heterocycles. The zero-order chi connectivity index (χ0) is 23.1. The smallest absolute Gasteiger partial charge is 0.410 e. The number of para-hydroxylation sites is 1. The van der Waals surface area contributed by atoms with E-state index in [1.807, 2.05) is 45.0 Å². The van der Waals surface area contributed by atoms with Gasteiger partial charge in [0, 0.05) is 36.6 Å². The maximum atomic E-state index is 13.5. The molecule has 0 bridgehead atoms. The van der Waals surface area contributed by atoms with E-state index in [4.69, 9.17) is 14.2 Å². The third kappa shape index (κ3) is 7.18. The molecule has 2 fully saturated rings. The molecule has 3 rings (SSSR count). The summed E-state index contributed by atoms with van der Waals surface area (Å²) in [5.74, 6) is -0.0828. The minimum atomic E-state index is -0.526. The second-order valence-corrected chi connectivity index (χ2v) is 10.2. The van der Waals surface area contributed by atoms with Gasteiger partial charge >= 0.3 is 6.09 Å². The number of halogens is 1. The summed E-state index contributed by atoms with van der Waals surface area (Å²) in [5, 5.41) is 0. The van der Waals surface area contributed by atoms with Crippen molar-refractivity contribution in [2.45, 2.75) is 64.8 Å². The number of rotatable bonds is 6. The SMILES string of the molecule is CC(C)(C)OC(=O)N1CCC(C(=O)N(CCOC2CCCCO2)c2ccccc2Br)CC1. The molecule has 1 aromatic carbocycles. The van der Waals surface area contributed by atoms with E-state index >= 15 is 0 Å². The molecule has 7 nitrogen and oxygen atoms in total. The van der Waals surface area contributed by atoms with Crippen LogP contribution in [0.1, 0.15) is 52.9 Å². The average Bonchev–Trinajstić information content (AvgIpc) is 2.77. The Kier molecular flexibility index (Phi) is 8.96. The molecule has 1 atom stereocenters. The summed E-state index contributed by atoms with van der Waals surface area (Å²) in [4.78, 5) is 29.4.